The van der Waals surface area contributed by atoms with Gasteiger partial charge in [0, 0.05) is 35.5 Å². The van der Waals surface area contributed by atoms with Gasteiger partial charge in [-0.2, -0.15) is 4.58 Å². The van der Waals surface area contributed by atoms with Crippen molar-refractivity contribution in [2.45, 2.75) is 51.4 Å². The second-order valence-corrected chi connectivity index (χ2v) is 11.8. The molecule has 39 heavy (non-hydrogen) atoms. The number of likely N-dealkylation sites (N-methyl/N-ethyl adjacent to an activating group) is 1. The lowest BCUT2D eigenvalue weighted by Gasteiger charge is -2.27. The predicted octanol–water partition coefficient (Wildman–Crippen LogP) is 8.63. The number of aryl methyl sites for hydroxylation is 1. The van der Waals surface area contributed by atoms with E-state index in [0.717, 1.165) is 12.8 Å². The molecule has 0 bridgehead atoms. The summed E-state index contributed by atoms with van der Waals surface area (Å²) in [6.45, 7) is 9.31. The van der Waals surface area contributed by atoms with E-state index >= 15 is 0 Å². The molecular weight excluding hydrogens is 472 g/mol. The van der Waals surface area contributed by atoms with Gasteiger partial charge in [-0.15, -0.1) is 0 Å². The van der Waals surface area contributed by atoms with Crippen LogP contribution in [0.2, 0.25) is 0 Å². The number of nitrogens with zero attached hydrogens (tertiary/aromatic N) is 2. The normalized spacial score (nSPS) is 23.3. The van der Waals surface area contributed by atoms with E-state index in [1.165, 1.54) is 55.8 Å². The molecule has 0 spiro atoms. The molecule has 2 nitrogen and oxygen atoms in total. The monoisotopic (exact) mass is 511 g/mol. The van der Waals surface area contributed by atoms with Crippen LogP contribution >= 0.6 is 0 Å². The minimum Gasteiger partial charge on any atom is -0.347 e. The number of fused-ring (bicyclic) bond motifs is 4. The summed E-state index contributed by atoms with van der Waals surface area (Å²) >= 11 is 0. The molecule has 196 valence electrons. The van der Waals surface area contributed by atoms with Crippen LogP contribution in [-0.2, 0) is 17.3 Å². The standard InChI is InChI=1S/C37H39N2/c1-7-36(3)31-24-26(2)20-23-32(31)38(5)33(36)18-13-19-34-37(4,25-27-14-9-8-10-15-27)30-22-21-28-16-11-12-17-29(28)35(30)39(34)6/h8-24H,7,25H2,1-6H3/q+1. The quantitative estimate of drug-likeness (QED) is 0.243. The van der Waals surface area contributed by atoms with Crippen molar-refractivity contribution in [3.8, 4) is 0 Å². The largest absolute Gasteiger partial charge is 0.347 e. The average Bonchev–Trinajstić information content (AvgIpc) is 3.29. The molecule has 0 aliphatic carbocycles. The minimum atomic E-state index is -0.139. The lowest BCUT2D eigenvalue weighted by Crippen LogP contribution is -2.33. The number of anilines is 1. The van der Waals surface area contributed by atoms with Crippen molar-refractivity contribution in [3.63, 3.8) is 0 Å². The number of hydrogen-bond donors (Lipinski definition) is 0. The molecule has 2 atom stereocenters. The van der Waals surface area contributed by atoms with Crippen LogP contribution in [0.25, 0.3) is 10.8 Å². The topological polar surface area (TPSA) is 6.25 Å². The Hall–Kier alpha value is -3.91. The summed E-state index contributed by atoms with van der Waals surface area (Å²) in [5, 5.41) is 2.61. The zero-order valence-corrected chi connectivity index (χ0v) is 24.1. The van der Waals surface area contributed by atoms with Crippen LogP contribution < -0.4 is 4.90 Å². The molecule has 0 fully saturated rings. The van der Waals surface area contributed by atoms with Crippen LogP contribution in [0.3, 0.4) is 0 Å². The van der Waals surface area contributed by atoms with Crippen LogP contribution in [0.1, 0.15) is 49.4 Å². The van der Waals surface area contributed by atoms with Gasteiger partial charge >= 0.3 is 0 Å². The highest BCUT2D eigenvalue weighted by Gasteiger charge is 2.47. The Morgan fingerprint density at radius 1 is 0.846 bits per heavy atom. The lowest BCUT2D eigenvalue weighted by atomic mass is 9.74. The van der Waals surface area contributed by atoms with Crippen molar-refractivity contribution in [1.29, 1.82) is 0 Å². The second kappa shape index (κ2) is 9.38. The van der Waals surface area contributed by atoms with E-state index in [9.17, 15) is 0 Å². The van der Waals surface area contributed by atoms with E-state index in [4.69, 9.17) is 0 Å². The molecule has 0 saturated heterocycles. The fourth-order valence-electron chi connectivity index (χ4n) is 7.10. The van der Waals surface area contributed by atoms with Gasteiger partial charge in [-0.05, 0) is 68.3 Å². The average molecular weight is 512 g/mol. The van der Waals surface area contributed by atoms with Crippen LogP contribution in [-0.4, -0.2) is 24.4 Å². The summed E-state index contributed by atoms with van der Waals surface area (Å²) in [6, 6.07) is 31.2. The molecule has 4 aromatic carbocycles. The van der Waals surface area contributed by atoms with E-state index in [1.54, 1.807) is 0 Å². The zero-order chi connectivity index (χ0) is 27.4. The molecule has 0 N–H and O–H groups in total. The second-order valence-electron chi connectivity index (χ2n) is 11.8. The van der Waals surface area contributed by atoms with Crippen LogP contribution in [0.15, 0.2) is 109 Å². The maximum atomic E-state index is 2.44. The van der Waals surface area contributed by atoms with Crippen LogP contribution in [0.4, 0.5) is 11.4 Å². The molecule has 6 rings (SSSR count). The van der Waals surface area contributed by atoms with Gasteiger partial charge in [0.25, 0.3) is 0 Å². The molecule has 0 amide bonds. The molecule has 2 heteroatoms. The first-order valence-corrected chi connectivity index (χ1v) is 14.2. The molecule has 2 unspecified atom stereocenters. The highest BCUT2D eigenvalue weighted by atomic mass is 15.2. The van der Waals surface area contributed by atoms with Crippen molar-refractivity contribution in [1.82, 2.24) is 0 Å². The smallest absolute Gasteiger partial charge is 0.217 e. The Morgan fingerprint density at radius 2 is 1.59 bits per heavy atom. The van der Waals surface area contributed by atoms with Crippen LogP contribution in [0.5, 0.6) is 0 Å². The van der Waals surface area contributed by atoms with Gasteiger partial charge in [-0.25, -0.2) is 0 Å². The molecule has 2 aliphatic rings. The fraction of sp³-hybridized carbons (Fsp3) is 0.270. The molecule has 4 aromatic rings. The molecule has 0 aromatic heterocycles. The number of allylic oxidation sites excluding steroid dienone is 4. The summed E-state index contributed by atoms with van der Waals surface area (Å²) in [4.78, 5) is 2.39. The van der Waals surface area contributed by atoms with Crippen molar-refractivity contribution in [2.24, 2.45) is 0 Å². The van der Waals surface area contributed by atoms with E-state index in [0.29, 0.717) is 0 Å². The summed E-state index contributed by atoms with van der Waals surface area (Å²) < 4.78 is 2.44. The number of benzene rings is 4. The highest BCUT2D eigenvalue weighted by Crippen LogP contribution is 2.50. The molecule has 0 saturated carbocycles. The number of hydrogen-bond acceptors (Lipinski definition) is 1. The summed E-state index contributed by atoms with van der Waals surface area (Å²) in [5.74, 6) is 0. The van der Waals surface area contributed by atoms with Crippen molar-refractivity contribution in [3.05, 3.63) is 131 Å². The van der Waals surface area contributed by atoms with Gasteiger partial charge in [-0.3, -0.25) is 0 Å². The number of rotatable bonds is 5. The third-order valence-corrected chi connectivity index (χ3v) is 9.41. The zero-order valence-electron chi connectivity index (χ0n) is 24.1. The van der Waals surface area contributed by atoms with Crippen LogP contribution in [0, 0.1) is 6.92 Å². The predicted molar refractivity (Wildman–Crippen MR) is 167 cm³/mol. The van der Waals surface area contributed by atoms with Gasteiger partial charge in [0.15, 0.2) is 5.71 Å². The Labute approximate surface area is 233 Å². The van der Waals surface area contributed by atoms with E-state index < -0.39 is 0 Å². The van der Waals surface area contributed by atoms with Gasteiger partial charge in [-0.1, -0.05) is 91.4 Å². The van der Waals surface area contributed by atoms with Gasteiger partial charge < -0.3 is 4.90 Å². The minimum absolute atomic E-state index is 0.000798. The maximum Gasteiger partial charge on any atom is 0.217 e. The molecular formula is C37H39N2+. The molecule has 2 aliphatic heterocycles. The summed E-state index contributed by atoms with van der Waals surface area (Å²) in [5.41, 5.74) is 10.7. The Balaban J connectivity index is 1.47. The third-order valence-electron chi connectivity index (χ3n) is 9.41. The van der Waals surface area contributed by atoms with Gasteiger partial charge in [0.05, 0.1) is 10.8 Å². The first kappa shape index (κ1) is 25.4. The fourth-order valence-corrected chi connectivity index (χ4v) is 7.10. The maximum absolute atomic E-state index is 2.44. The lowest BCUT2D eigenvalue weighted by molar-refractivity contribution is -0.399. The van der Waals surface area contributed by atoms with Crippen molar-refractivity contribution in [2.75, 3.05) is 19.0 Å². The SMILES string of the molecule is CCC1(C)C(=CC=CC2=[N+](C)c3c(ccc4ccccc34)C2(C)Cc2ccccc2)N(C)c2ccc(C)cc21. The molecule has 0 radical (unpaired) electrons. The summed E-state index contributed by atoms with van der Waals surface area (Å²) in [7, 11) is 4.45. The van der Waals surface area contributed by atoms with Gasteiger partial charge in [0.1, 0.15) is 7.05 Å². The highest BCUT2D eigenvalue weighted by molar-refractivity contribution is 6.07. The Morgan fingerprint density at radius 3 is 2.36 bits per heavy atom. The first-order valence-electron chi connectivity index (χ1n) is 14.2. The summed E-state index contributed by atoms with van der Waals surface area (Å²) in [6.07, 6.45) is 9.03. The molecule has 2 heterocycles. The Bertz CT molecular complexity index is 1670. The Kier molecular flexibility index (Phi) is 6.10. The van der Waals surface area contributed by atoms with E-state index in [1.807, 2.05) is 0 Å². The van der Waals surface area contributed by atoms with Crippen molar-refractivity contribution >= 4 is 27.9 Å². The third kappa shape index (κ3) is 3.88. The van der Waals surface area contributed by atoms with E-state index in [-0.39, 0.29) is 10.8 Å². The van der Waals surface area contributed by atoms with Gasteiger partial charge in [0.2, 0.25) is 5.69 Å². The van der Waals surface area contributed by atoms with E-state index in [2.05, 4.69) is 154 Å². The van der Waals surface area contributed by atoms with Crippen molar-refractivity contribution < 1.29 is 4.58 Å². The first-order chi connectivity index (χ1) is 18.8.